The zero-order valence-corrected chi connectivity index (χ0v) is 13.5. The van der Waals surface area contributed by atoms with Crippen molar-refractivity contribution in [3.8, 4) is 34.0 Å². The van der Waals surface area contributed by atoms with E-state index >= 15 is 0 Å². The fourth-order valence-electron chi connectivity index (χ4n) is 2.70. The number of phenols is 2. The van der Waals surface area contributed by atoms with E-state index in [1.807, 2.05) is 0 Å². The van der Waals surface area contributed by atoms with Crippen LogP contribution in [0.1, 0.15) is 0 Å². The van der Waals surface area contributed by atoms with Crippen LogP contribution >= 0.6 is 0 Å². The molecule has 8 heteroatoms. The highest BCUT2D eigenvalue weighted by atomic mass is 16.3. The number of nitrogens with two attached hydrogens (primary N) is 2. The van der Waals surface area contributed by atoms with Crippen molar-refractivity contribution >= 4 is 22.9 Å². The molecule has 0 aliphatic heterocycles. The summed E-state index contributed by atoms with van der Waals surface area (Å²) < 4.78 is 0. The van der Waals surface area contributed by atoms with Gasteiger partial charge in [-0.05, 0) is 24.3 Å². The Morgan fingerprint density at radius 3 is 2.35 bits per heavy atom. The maximum atomic E-state index is 10.3. The molecular weight excluding hydrogens is 332 g/mol. The second kappa shape index (κ2) is 5.85. The summed E-state index contributed by atoms with van der Waals surface area (Å²) in [6.45, 7) is 0. The fourth-order valence-corrected chi connectivity index (χ4v) is 2.70. The predicted molar refractivity (Wildman–Crippen MR) is 98.2 cm³/mol. The number of aromatic nitrogens is 4. The second-order valence-corrected chi connectivity index (χ2v) is 5.63. The lowest BCUT2D eigenvalue weighted by Crippen LogP contribution is -2.05. The van der Waals surface area contributed by atoms with E-state index in [9.17, 15) is 10.2 Å². The highest BCUT2D eigenvalue weighted by Crippen LogP contribution is 2.36. The smallest absolute Gasteiger partial charge is 0.224 e. The summed E-state index contributed by atoms with van der Waals surface area (Å²) in [6, 6.07) is 13.3. The minimum atomic E-state index is -0.0161. The third-order valence-electron chi connectivity index (χ3n) is 3.85. The normalized spacial score (nSPS) is 10.9. The molecular formula is C18H14N6O2. The zero-order chi connectivity index (χ0) is 18.3. The van der Waals surface area contributed by atoms with Crippen molar-refractivity contribution in [2.75, 3.05) is 11.5 Å². The van der Waals surface area contributed by atoms with E-state index in [0.29, 0.717) is 22.5 Å². The van der Waals surface area contributed by atoms with Crippen LogP contribution in [0.3, 0.4) is 0 Å². The number of anilines is 2. The SMILES string of the molecule is Nc1nc(N)c2nc(-c3cccc(O)c3)c(-c3ccccc3O)nc2n1. The Morgan fingerprint density at radius 2 is 1.58 bits per heavy atom. The Bertz CT molecular complexity index is 1150. The molecule has 6 N–H and O–H groups in total. The van der Waals surface area contributed by atoms with Gasteiger partial charge >= 0.3 is 0 Å². The number of aromatic hydroxyl groups is 2. The van der Waals surface area contributed by atoms with Gasteiger partial charge in [0.1, 0.15) is 17.2 Å². The Kier molecular flexibility index (Phi) is 3.51. The molecule has 26 heavy (non-hydrogen) atoms. The first-order valence-electron chi connectivity index (χ1n) is 7.71. The average Bonchev–Trinajstić information content (AvgIpc) is 2.61. The third-order valence-corrected chi connectivity index (χ3v) is 3.85. The number of fused-ring (bicyclic) bond motifs is 1. The van der Waals surface area contributed by atoms with Crippen LogP contribution in [0.15, 0.2) is 48.5 Å². The van der Waals surface area contributed by atoms with Gasteiger partial charge in [-0.25, -0.2) is 9.97 Å². The largest absolute Gasteiger partial charge is 0.508 e. The predicted octanol–water partition coefficient (Wildman–Crippen LogP) is 2.33. The highest BCUT2D eigenvalue weighted by Gasteiger charge is 2.18. The van der Waals surface area contributed by atoms with Crippen LogP contribution in [-0.4, -0.2) is 30.1 Å². The third kappa shape index (κ3) is 2.59. The standard InChI is InChI=1S/C18H14N6O2/c19-16-15-17(24-18(20)23-16)22-14(11-6-1-2-7-12(11)26)13(21-15)9-4-3-5-10(25)8-9/h1-8,25-26H,(H4,19,20,22,23,24). The first-order valence-corrected chi connectivity index (χ1v) is 7.71. The Labute approximate surface area is 147 Å². The van der Waals surface area contributed by atoms with Crippen LogP contribution in [0, 0.1) is 0 Å². The summed E-state index contributed by atoms with van der Waals surface area (Å²) in [6.07, 6.45) is 0. The van der Waals surface area contributed by atoms with Gasteiger partial charge in [-0.2, -0.15) is 9.97 Å². The van der Waals surface area contributed by atoms with Crippen molar-refractivity contribution < 1.29 is 10.2 Å². The van der Waals surface area contributed by atoms with Gasteiger partial charge in [-0.1, -0.05) is 24.3 Å². The molecule has 2 aromatic heterocycles. The number of rotatable bonds is 2. The summed E-state index contributed by atoms with van der Waals surface area (Å²) in [5.41, 5.74) is 14.0. The topological polar surface area (TPSA) is 144 Å². The van der Waals surface area contributed by atoms with Gasteiger partial charge in [0.25, 0.3) is 0 Å². The van der Waals surface area contributed by atoms with Crippen LogP contribution in [0.5, 0.6) is 11.5 Å². The lowest BCUT2D eigenvalue weighted by atomic mass is 10.0. The van der Waals surface area contributed by atoms with Crippen molar-refractivity contribution in [1.29, 1.82) is 0 Å². The maximum Gasteiger partial charge on any atom is 0.224 e. The summed E-state index contributed by atoms with van der Waals surface area (Å²) in [5, 5.41) is 20.1. The minimum absolute atomic E-state index is 0.0161. The number of nitrogen functional groups attached to an aromatic ring is 2. The first kappa shape index (κ1) is 15.6. The van der Waals surface area contributed by atoms with Gasteiger partial charge in [0.05, 0.1) is 5.69 Å². The van der Waals surface area contributed by atoms with E-state index in [-0.39, 0.29) is 34.4 Å². The lowest BCUT2D eigenvalue weighted by Gasteiger charge is -2.12. The molecule has 0 spiro atoms. The van der Waals surface area contributed by atoms with Gasteiger partial charge in [0, 0.05) is 11.1 Å². The van der Waals surface area contributed by atoms with E-state index in [1.165, 1.54) is 0 Å². The minimum Gasteiger partial charge on any atom is -0.508 e. The summed E-state index contributed by atoms with van der Waals surface area (Å²) in [4.78, 5) is 17.1. The van der Waals surface area contributed by atoms with Crippen LogP contribution in [0.2, 0.25) is 0 Å². The molecule has 0 atom stereocenters. The zero-order valence-electron chi connectivity index (χ0n) is 13.5. The van der Waals surface area contributed by atoms with Crippen LogP contribution in [-0.2, 0) is 0 Å². The van der Waals surface area contributed by atoms with Crippen molar-refractivity contribution in [3.63, 3.8) is 0 Å². The molecule has 0 saturated carbocycles. The van der Waals surface area contributed by atoms with Crippen molar-refractivity contribution in [3.05, 3.63) is 48.5 Å². The summed E-state index contributed by atoms with van der Waals surface area (Å²) >= 11 is 0. The summed E-state index contributed by atoms with van der Waals surface area (Å²) in [7, 11) is 0. The average molecular weight is 346 g/mol. The fraction of sp³-hybridized carbons (Fsp3) is 0. The Morgan fingerprint density at radius 1 is 0.769 bits per heavy atom. The maximum absolute atomic E-state index is 10.3. The van der Waals surface area contributed by atoms with Crippen LogP contribution in [0.4, 0.5) is 11.8 Å². The summed E-state index contributed by atoms with van der Waals surface area (Å²) in [5.74, 6) is 0.203. The molecule has 4 aromatic rings. The van der Waals surface area contributed by atoms with E-state index in [2.05, 4.69) is 19.9 Å². The molecule has 0 radical (unpaired) electrons. The molecule has 8 nitrogen and oxygen atoms in total. The van der Waals surface area contributed by atoms with Gasteiger partial charge in [0.15, 0.2) is 17.0 Å². The van der Waals surface area contributed by atoms with E-state index in [0.717, 1.165) is 0 Å². The molecule has 0 saturated heterocycles. The Balaban J connectivity index is 2.10. The molecule has 0 amide bonds. The number of hydrogen-bond acceptors (Lipinski definition) is 8. The van der Waals surface area contributed by atoms with Crippen LogP contribution < -0.4 is 11.5 Å². The molecule has 4 rings (SSSR count). The van der Waals surface area contributed by atoms with E-state index < -0.39 is 0 Å². The number of benzene rings is 2. The van der Waals surface area contributed by atoms with Gasteiger partial charge in [-0.3, -0.25) is 0 Å². The molecule has 0 aliphatic rings. The number of nitrogens with zero attached hydrogens (tertiary/aromatic N) is 4. The number of phenolic OH excluding ortho intramolecular Hbond substituents is 2. The molecule has 0 unspecified atom stereocenters. The quantitative estimate of drug-likeness (QED) is 0.433. The molecule has 0 bridgehead atoms. The van der Waals surface area contributed by atoms with Crippen molar-refractivity contribution in [2.24, 2.45) is 0 Å². The van der Waals surface area contributed by atoms with Crippen molar-refractivity contribution in [1.82, 2.24) is 19.9 Å². The number of hydrogen-bond donors (Lipinski definition) is 4. The first-order chi connectivity index (χ1) is 12.5. The highest BCUT2D eigenvalue weighted by molar-refractivity contribution is 5.90. The van der Waals surface area contributed by atoms with Gasteiger partial charge < -0.3 is 21.7 Å². The molecule has 0 aliphatic carbocycles. The Hall–Kier alpha value is -3.94. The second-order valence-electron chi connectivity index (χ2n) is 5.63. The van der Waals surface area contributed by atoms with E-state index in [4.69, 9.17) is 11.5 Å². The van der Waals surface area contributed by atoms with Gasteiger partial charge in [0.2, 0.25) is 5.95 Å². The molecule has 0 fully saturated rings. The van der Waals surface area contributed by atoms with E-state index in [1.54, 1.807) is 48.5 Å². The van der Waals surface area contributed by atoms with Gasteiger partial charge in [-0.15, -0.1) is 0 Å². The monoisotopic (exact) mass is 346 g/mol. The van der Waals surface area contributed by atoms with Crippen LogP contribution in [0.25, 0.3) is 33.7 Å². The van der Waals surface area contributed by atoms with Crippen molar-refractivity contribution in [2.45, 2.75) is 0 Å². The number of para-hydroxylation sites is 1. The molecule has 2 aromatic carbocycles. The molecule has 2 heterocycles. The molecule has 128 valence electrons. The lowest BCUT2D eigenvalue weighted by molar-refractivity contribution is 0.475.